The lowest BCUT2D eigenvalue weighted by Gasteiger charge is -2.11. The second-order valence-electron chi connectivity index (χ2n) is 6.12. The Morgan fingerprint density at radius 2 is 2.00 bits per heavy atom. The minimum atomic E-state index is -0.750. The first kappa shape index (κ1) is 23.8. The number of hydrogen-bond donors (Lipinski definition) is 2. The number of nitrogens with one attached hydrogen (secondary N) is 1. The van der Waals surface area contributed by atoms with Crippen molar-refractivity contribution in [1.82, 2.24) is 5.32 Å². The van der Waals surface area contributed by atoms with Crippen molar-refractivity contribution in [3.8, 4) is 11.5 Å². The first-order valence-electron chi connectivity index (χ1n) is 8.50. The van der Waals surface area contributed by atoms with Crippen molar-refractivity contribution in [2.75, 3.05) is 7.11 Å². The summed E-state index contributed by atoms with van der Waals surface area (Å²) in [7, 11) is 1.28. The van der Waals surface area contributed by atoms with Gasteiger partial charge < -0.3 is 20.5 Å². The maximum Gasteiger partial charge on any atom is 0.322 e. The maximum atomic E-state index is 14.4. The van der Waals surface area contributed by atoms with E-state index in [0.29, 0.717) is 27.0 Å². The van der Waals surface area contributed by atoms with Crippen LogP contribution < -0.4 is 15.8 Å². The molecule has 0 saturated carbocycles. The van der Waals surface area contributed by atoms with Crippen LogP contribution >= 0.6 is 36.4 Å². The Hall–Kier alpha value is -2.46. The predicted molar refractivity (Wildman–Crippen MR) is 120 cm³/mol. The zero-order valence-corrected chi connectivity index (χ0v) is 18.2. The highest BCUT2D eigenvalue weighted by molar-refractivity contribution is 8.26. The van der Waals surface area contributed by atoms with Gasteiger partial charge in [0.1, 0.15) is 16.1 Å². The maximum absolute atomic E-state index is 14.4. The summed E-state index contributed by atoms with van der Waals surface area (Å²) in [6.07, 6.45) is 1.88. The molecule has 1 aliphatic heterocycles. The summed E-state index contributed by atoms with van der Waals surface area (Å²) in [5.41, 5.74) is 7.08. The molecule has 0 spiro atoms. The number of esters is 1. The van der Waals surface area contributed by atoms with Gasteiger partial charge in [-0.2, -0.15) is 0 Å². The van der Waals surface area contributed by atoms with E-state index in [1.165, 1.54) is 19.2 Å². The van der Waals surface area contributed by atoms with Gasteiger partial charge in [0.05, 0.1) is 12.0 Å². The molecule has 1 atom stereocenters. The zero-order valence-electron chi connectivity index (χ0n) is 15.7. The van der Waals surface area contributed by atoms with Crippen molar-refractivity contribution in [2.24, 2.45) is 5.73 Å². The Labute approximate surface area is 188 Å². The van der Waals surface area contributed by atoms with Crippen LogP contribution in [0.15, 0.2) is 47.4 Å². The van der Waals surface area contributed by atoms with E-state index >= 15 is 0 Å². The van der Waals surface area contributed by atoms with Crippen molar-refractivity contribution in [2.45, 2.75) is 12.5 Å². The number of methoxy groups -OCH3 is 1. The average Bonchev–Trinajstić information content (AvgIpc) is 3.01. The van der Waals surface area contributed by atoms with Crippen molar-refractivity contribution in [3.63, 3.8) is 0 Å². The first-order chi connectivity index (χ1) is 13.9. The quantitative estimate of drug-likeness (QED) is 0.380. The number of halogens is 2. The Kier molecular flexibility index (Phi) is 8.36. The molecule has 1 fully saturated rings. The molecule has 3 rings (SSSR count). The van der Waals surface area contributed by atoms with Crippen LogP contribution in [-0.4, -0.2) is 29.3 Å². The number of carbonyl (C=O) groups excluding carboxylic acids is 2. The summed E-state index contributed by atoms with van der Waals surface area (Å²) in [6, 6.07) is 10.5. The molecule has 30 heavy (non-hydrogen) atoms. The van der Waals surface area contributed by atoms with Gasteiger partial charge >= 0.3 is 5.97 Å². The molecule has 0 unspecified atom stereocenters. The second-order valence-corrected chi connectivity index (χ2v) is 7.84. The monoisotopic (exact) mass is 468 g/mol. The lowest BCUT2D eigenvalue weighted by atomic mass is 10.1. The van der Waals surface area contributed by atoms with Gasteiger partial charge in [0.2, 0.25) is 0 Å². The summed E-state index contributed by atoms with van der Waals surface area (Å²) in [5, 5.41) is 2.51. The van der Waals surface area contributed by atoms with Gasteiger partial charge in [0.15, 0.2) is 11.6 Å². The van der Waals surface area contributed by atoms with E-state index in [9.17, 15) is 14.0 Å². The van der Waals surface area contributed by atoms with E-state index in [0.717, 1.165) is 17.3 Å². The van der Waals surface area contributed by atoms with E-state index in [-0.39, 0.29) is 24.1 Å². The molecule has 2 aromatic rings. The number of carbonyl (C=O) groups is 2. The van der Waals surface area contributed by atoms with E-state index in [1.807, 2.05) is 0 Å². The summed E-state index contributed by atoms with van der Waals surface area (Å²) < 4.78 is 25.0. The normalized spacial score (nSPS) is 15.4. The number of amides is 1. The van der Waals surface area contributed by atoms with Gasteiger partial charge in [-0.25, -0.2) is 4.39 Å². The standard InChI is InChI=1S/C20H17FN2O4S2.ClH/c1-26-19(25)15(22)9-11-2-5-13(6-3-11)27-16-7-4-12(8-14(16)21)10-17-18(24)23-20(28)29-17;/h2-8,10,15H,9,22H2,1H3,(H,23,24,28);1H/t15-;/m0./s1. The summed E-state index contributed by atoms with van der Waals surface area (Å²) in [5.74, 6) is -0.876. The minimum absolute atomic E-state index is 0. The van der Waals surface area contributed by atoms with Crippen LogP contribution in [0.2, 0.25) is 0 Å². The fourth-order valence-corrected chi connectivity index (χ4v) is 3.62. The summed E-state index contributed by atoms with van der Waals surface area (Å²) in [4.78, 5) is 23.5. The molecular formula is C20H18ClFN2O4S2. The summed E-state index contributed by atoms with van der Waals surface area (Å²) in [6.45, 7) is 0. The summed E-state index contributed by atoms with van der Waals surface area (Å²) >= 11 is 6.06. The highest BCUT2D eigenvalue weighted by Crippen LogP contribution is 2.29. The molecule has 2 aromatic carbocycles. The third-order valence-electron chi connectivity index (χ3n) is 4.01. The number of benzene rings is 2. The van der Waals surface area contributed by atoms with Crippen LogP contribution in [0.3, 0.4) is 0 Å². The lowest BCUT2D eigenvalue weighted by Crippen LogP contribution is -2.33. The Balaban J connectivity index is 0.00000320. The fourth-order valence-electron chi connectivity index (χ4n) is 2.57. The number of hydrogen-bond acceptors (Lipinski definition) is 7. The van der Waals surface area contributed by atoms with Gasteiger partial charge in [-0.3, -0.25) is 9.59 Å². The SMILES string of the molecule is COC(=O)[C@@H](N)Cc1ccc(Oc2ccc(C=C3SC(=S)NC3=O)cc2F)cc1.Cl. The van der Waals surface area contributed by atoms with Crippen molar-refractivity contribution >= 4 is 58.7 Å². The topological polar surface area (TPSA) is 90.7 Å². The molecule has 158 valence electrons. The number of rotatable bonds is 6. The minimum Gasteiger partial charge on any atom is -0.468 e. The van der Waals surface area contributed by atoms with Crippen LogP contribution in [0.1, 0.15) is 11.1 Å². The molecule has 1 heterocycles. The molecule has 0 radical (unpaired) electrons. The van der Waals surface area contributed by atoms with Crippen molar-refractivity contribution < 1.29 is 23.5 Å². The molecule has 0 aliphatic carbocycles. The van der Waals surface area contributed by atoms with Gasteiger partial charge in [-0.1, -0.05) is 42.2 Å². The smallest absolute Gasteiger partial charge is 0.322 e. The van der Waals surface area contributed by atoms with E-state index in [2.05, 4.69) is 10.1 Å². The Morgan fingerprint density at radius 3 is 2.57 bits per heavy atom. The number of nitrogens with two attached hydrogens (primary N) is 1. The zero-order chi connectivity index (χ0) is 21.0. The van der Waals surface area contributed by atoms with Gasteiger partial charge in [0.25, 0.3) is 5.91 Å². The first-order valence-corrected chi connectivity index (χ1v) is 9.73. The van der Waals surface area contributed by atoms with Crippen LogP contribution in [0.4, 0.5) is 4.39 Å². The third kappa shape index (κ3) is 6.02. The van der Waals surface area contributed by atoms with E-state index in [4.69, 9.17) is 22.7 Å². The molecule has 1 amide bonds. The van der Waals surface area contributed by atoms with Gasteiger partial charge in [-0.15, -0.1) is 12.4 Å². The number of thioether (sulfide) groups is 1. The predicted octanol–water partition coefficient (Wildman–Crippen LogP) is 3.57. The van der Waals surface area contributed by atoms with Crippen LogP contribution in [0, 0.1) is 5.82 Å². The van der Waals surface area contributed by atoms with Crippen LogP contribution in [0.5, 0.6) is 11.5 Å². The molecule has 0 aromatic heterocycles. The fraction of sp³-hybridized carbons (Fsp3) is 0.150. The molecule has 10 heteroatoms. The molecule has 1 saturated heterocycles. The molecule has 0 bridgehead atoms. The van der Waals surface area contributed by atoms with E-state index < -0.39 is 17.8 Å². The second kappa shape index (κ2) is 10.5. The molecule has 6 nitrogen and oxygen atoms in total. The molecule has 1 aliphatic rings. The lowest BCUT2D eigenvalue weighted by molar-refractivity contribution is -0.142. The highest BCUT2D eigenvalue weighted by atomic mass is 35.5. The van der Waals surface area contributed by atoms with Crippen molar-refractivity contribution in [1.29, 1.82) is 0 Å². The average molecular weight is 469 g/mol. The van der Waals surface area contributed by atoms with Crippen molar-refractivity contribution in [3.05, 3.63) is 64.3 Å². The largest absolute Gasteiger partial charge is 0.468 e. The Bertz CT molecular complexity index is 999. The van der Waals surface area contributed by atoms with E-state index in [1.54, 1.807) is 36.4 Å². The van der Waals surface area contributed by atoms with Gasteiger partial charge in [-0.05, 0) is 47.9 Å². The van der Waals surface area contributed by atoms with Gasteiger partial charge in [0, 0.05) is 0 Å². The highest BCUT2D eigenvalue weighted by Gasteiger charge is 2.22. The van der Waals surface area contributed by atoms with Crippen LogP contribution in [-0.2, 0) is 20.7 Å². The number of thiocarbonyl (C=S) groups is 1. The molecule has 3 N–H and O–H groups in total. The number of ether oxygens (including phenoxy) is 2. The Morgan fingerprint density at radius 1 is 1.30 bits per heavy atom. The molecular weight excluding hydrogens is 451 g/mol. The third-order valence-corrected chi connectivity index (χ3v) is 5.17. The van der Waals surface area contributed by atoms with Crippen LogP contribution in [0.25, 0.3) is 6.08 Å².